The van der Waals surface area contributed by atoms with Crippen LogP contribution in [0.15, 0.2) is 48.0 Å². The van der Waals surface area contributed by atoms with Gasteiger partial charge >= 0.3 is 12.4 Å². The van der Waals surface area contributed by atoms with E-state index in [9.17, 15) is 35.9 Å². The predicted octanol–water partition coefficient (Wildman–Crippen LogP) is 8.44. The maximum Gasteiger partial charge on any atom is 0.425 e. The Labute approximate surface area is 294 Å². The monoisotopic (exact) mass is 743 g/mol. The first-order valence-electron chi connectivity index (χ1n) is 16.6. The van der Waals surface area contributed by atoms with Crippen LogP contribution >= 0.6 is 22.9 Å². The topological polar surface area (TPSA) is 72.0 Å². The molecule has 6 rings (SSSR count). The van der Waals surface area contributed by atoms with E-state index in [-0.39, 0.29) is 44.6 Å². The summed E-state index contributed by atoms with van der Waals surface area (Å²) in [6.07, 6.45) is -4.80. The maximum absolute atomic E-state index is 15.0. The molecule has 15 heteroatoms. The highest BCUT2D eigenvalue weighted by atomic mass is 35.5. The number of alkyl halides is 6. The number of ether oxygens (including phenoxy) is 2. The van der Waals surface area contributed by atoms with Gasteiger partial charge < -0.3 is 19.3 Å². The Balaban J connectivity index is 1.42. The van der Waals surface area contributed by atoms with Crippen molar-refractivity contribution in [1.29, 1.82) is 0 Å². The van der Waals surface area contributed by atoms with Crippen LogP contribution in [-0.2, 0) is 34.8 Å². The minimum atomic E-state index is -4.88. The number of carbonyl (C=O) groups is 2. The van der Waals surface area contributed by atoms with Gasteiger partial charge in [0.2, 0.25) is 5.60 Å². The molecule has 2 atom stereocenters. The lowest BCUT2D eigenvalue weighted by Crippen LogP contribution is -2.68. The number of nitrogens with zero attached hydrogens (tertiary/aromatic N) is 3. The van der Waals surface area contributed by atoms with Crippen molar-refractivity contribution in [2.75, 3.05) is 26.3 Å². The summed E-state index contributed by atoms with van der Waals surface area (Å²) < 4.78 is 95.5. The molecule has 0 radical (unpaired) electrons. The van der Waals surface area contributed by atoms with E-state index in [1.165, 1.54) is 10.3 Å². The first kappa shape index (κ1) is 36.4. The Kier molecular flexibility index (Phi) is 10.7. The molecular weight excluding hydrogens is 708 g/mol. The van der Waals surface area contributed by atoms with E-state index < -0.39 is 51.9 Å². The zero-order chi connectivity index (χ0) is 35.7. The summed E-state index contributed by atoms with van der Waals surface area (Å²) >= 11 is 6.62. The van der Waals surface area contributed by atoms with Gasteiger partial charge in [-0.15, -0.1) is 11.3 Å². The standard InChI is InChI=1S/C35H36ClF6N3O4S/c36-25-8-7-24-20-44(15-9-23(24)18-25)32(47)33(49-26-19-29(50-21-26)35(40,41)42)12-3-14-45(28(33)6-1-4-22-10-16-48-17-11-22)31(46)30-27(34(37,38)39)5-2-13-43-30/h2,5,7-8,13,18-19,21-22,28H,1,3-4,6,9-12,14-17,20H2/t28-,33+/m1/s1. The normalized spacial score (nSPS) is 21.9. The van der Waals surface area contributed by atoms with E-state index >= 15 is 0 Å². The first-order valence-corrected chi connectivity index (χ1v) is 17.8. The van der Waals surface area contributed by atoms with E-state index in [0.717, 1.165) is 48.4 Å². The highest BCUT2D eigenvalue weighted by molar-refractivity contribution is 7.10. The number of carbonyl (C=O) groups excluding carboxylic acids is 2. The molecule has 2 saturated heterocycles. The van der Waals surface area contributed by atoms with Crippen molar-refractivity contribution in [2.24, 2.45) is 5.92 Å². The number of hydrogen-bond donors (Lipinski definition) is 0. The number of piperidine rings is 1. The van der Waals surface area contributed by atoms with Gasteiger partial charge in [0.05, 0.1) is 11.6 Å². The molecule has 3 aromatic rings. The van der Waals surface area contributed by atoms with Gasteiger partial charge in [0.15, 0.2) is 0 Å². The summed E-state index contributed by atoms with van der Waals surface area (Å²) in [4.78, 5) is 34.9. The molecule has 50 heavy (non-hydrogen) atoms. The largest absolute Gasteiger partial charge is 0.474 e. The molecule has 1 aromatic carbocycles. The third-order valence-electron chi connectivity index (χ3n) is 9.85. The third kappa shape index (κ3) is 7.76. The summed E-state index contributed by atoms with van der Waals surface area (Å²) in [6.45, 7) is 1.62. The van der Waals surface area contributed by atoms with Crippen LogP contribution in [0.25, 0.3) is 0 Å². The highest BCUT2D eigenvalue weighted by Crippen LogP contribution is 2.43. The van der Waals surface area contributed by atoms with Gasteiger partial charge in [0.1, 0.15) is 16.3 Å². The average molecular weight is 744 g/mol. The lowest BCUT2D eigenvalue weighted by atomic mass is 9.78. The first-order chi connectivity index (χ1) is 23.8. The molecule has 0 unspecified atom stereocenters. The molecular formula is C35H36ClF6N3O4S. The van der Waals surface area contributed by atoms with E-state index in [0.29, 0.717) is 54.8 Å². The van der Waals surface area contributed by atoms with Crippen molar-refractivity contribution in [3.8, 4) is 5.75 Å². The molecule has 3 aliphatic heterocycles. The van der Waals surface area contributed by atoms with Crippen molar-refractivity contribution in [2.45, 2.75) is 81.9 Å². The lowest BCUT2D eigenvalue weighted by Gasteiger charge is -2.50. The number of thiophene rings is 1. The maximum atomic E-state index is 15.0. The number of benzene rings is 1. The molecule has 3 aliphatic rings. The van der Waals surface area contributed by atoms with E-state index in [1.807, 2.05) is 6.07 Å². The van der Waals surface area contributed by atoms with E-state index in [2.05, 4.69) is 4.98 Å². The number of aromatic nitrogens is 1. The molecule has 2 amide bonds. The minimum absolute atomic E-state index is 0.00575. The van der Waals surface area contributed by atoms with Crippen LogP contribution in [0.5, 0.6) is 5.75 Å². The minimum Gasteiger partial charge on any atom is -0.474 e. The molecule has 0 saturated carbocycles. The van der Waals surface area contributed by atoms with Gasteiger partial charge in [-0.25, -0.2) is 0 Å². The van der Waals surface area contributed by atoms with Gasteiger partial charge in [-0.05, 0) is 73.4 Å². The zero-order valence-corrected chi connectivity index (χ0v) is 28.6. The number of halogens is 7. The number of hydrogen-bond acceptors (Lipinski definition) is 6. The third-order valence-corrected chi connectivity index (χ3v) is 11.0. The molecule has 2 aromatic heterocycles. The second-order valence-corrected chi connectivity index (χ2v) is 14.4. The summed E-state index contributed by atoms with van der Waals surface area (Å²) in [5, 5.41) is 1.71. The molecule has 0 aliphatic carbocycles. The van der Waals surface area contributed by atoms with Crippen molar-refractivity contribution in [3.63, 3.8) is 0 Å². The second kappa shape index (κ2) is 14.7. The fourth-order valence-electron chi connectivity index (χ4n) is 7.40. The number of rotatable bonds is 8. The fraction of sp³-hybridized carbons (Fsp3) is 0.514. The second-order valence-electron chi connectivity index (χ2n) is 13.0. The number of fused-ring (bicyclic) bond motifs is 1. The van der Waals surface area contributed by atoms with E-state index in [1.54, 1.807) is 17.0 Å². The Morgan fingerprint density at radius 2 is 1.80 bits per heavy atom. The predicted molar refractivity (Wildman–Crippen MR) is 174 cm³/mol. The molecule has 270 valence electrons. The van der Waals surface area contributed by atoms with Crippen molar-refractivity contribution < 1.29 is 45.4 Å². The highest BCUT2D eigenvalue weighted by Gasteiger charge is 2.56. The lowest BCUT2D eigenvalue weighted by molar-refractivity contribution is -0.160. The summed E-state index contributed by atoms with van der Waals surface area (Å²) in [5.41, 5.74) is -2.13. The van der Waals surface area contributed by atoms with Gasteiger partial charge in [-0.3, -0.25) is 14.6 Å². The molecule has 0 bridgehead atoms. The number of pyridine rings is 1. The van der Waals surface area contributed by atoms with Crippen LogP contribution in [0.2, 0.25) is 5.02 Å². The van der Waals surface area contributed by atoms with Crippen molar-refractivity contribution in [1.82, 2.24) is 14.8 Å². The summed E-state index contributed by atoms with van der Waals surface area (Å²) in [5.74, 6) is -1.44. The molecule has 7 nitrogen and oxygen atoms in total. The smallest absolute Gasteiger partial charge is 0.425 e. The van der Waals surface area contributed by atoms with E-state index in [4.69, 9.17) is 21.1 Å². The number of likely N-dealkylation sites (tertiary alicyclic amines) is 1. The van der Waals surface area contributed by atoms with Gasteiger partial charge in [-0.2, -0.15) is 26.3 Å². The fourth-order valence-corrected chi connectivity index (χ4v) is 8.27. The zero-order valence-electron chi connectivity index (χ0n) is 27.0. The van der Waals surface area contributed by atoms with Crippen LogP contribution in [0.3, 0.4) is 0 Å². The van der Waals surface area contributed by atoms with Gasteiger partial charge in [0.25, 0.3) is 11.8 Å². The van der Waals surface area contributed by atoms with Crippen LogP contribution in [0.1, 0.15) is 77.0 Å². The Morgan fingerprint density at radius 1 is 1.02 bits per heavy atom. The van der Waals surface area contributed by atoms with Crippen molar-refractivity contribution >= 4 is 34.8 Å². The Bertz CT molecular complexity index is 1690. The quantitative estimate of drug-likeness (QED) is 0.217. The SMILES string of the molecule is O=C(c1ncccc1C(F)(F)F)N1CCC[C@@](Oc2csc(C(F)(F)F)c2)(C(=O)N2CCc3cc(Cl)ccc3C2)[C@H]1CCCC1CCOCC1. The van der Waals surface area contributed by atoms with Crippen LogP contribution in [0.4, 0.5) is 26.3 Å². The van der Waals surface area contributed by atoms with Crippen LogP contribution < -0.4 is 4.74 Å². The Morgan fingerprint density at radius 3 is 2.52 bits per heavy atom. The molecule has 0 N–H and O–H groups in total. The number of amides is 2. The molecule has 2 fully saturated rings. The summed E-state index contributed by atoms with van der Waals surface area (Å²) in [6, 6.07) is 6.92. The Hall–Kier alpha value is -3.36. The van der Waals surface area contributed by atoms with Crippen LogP contribution in [-0.4, -0.2) is 64.5 Å². The van der Waals surface area contributed by atoms with Crippen molar-refractivity contribution in [3.05, 3.63) is 80.3 Å². The molecule has 0 spiro atoms. The average Bonchev–Trinajstić information content (AvgIpc) is 3.57. The molecule has 5 heterocycles. The van der Waals surface area contributed by atoms with Gasteiger partial charge in [-0.1, -0.05) is 30.5 Å². The van der Waals surface area contributed by atoms with Gasteiger partial charge in [0, 0.05) is 61.9 Å². The van der Waals surface area contributed by atoms with Crippen LogP contribution in [0, 0.1) is 5.92 Å². The summed E-state index contributed by atoms with van der Waals surface area (Å²) in [7, 11) is 0.